The summed E-state index contributed by atoms with van der Waals surface area (Å²) >= 11 is 5.64. The predicted molar refractivity (Wildman–Crippen MR) is 99.8 cm³/mol. The van der Waals surface area contributed by atoms with Gasteiger partial charge < -0.3 is 4.74 Å². The average molecular weight is 385 g/mol. The molecule has 0 saturated carbocycles. The molecule has 27 heavy (non-hydrogen) atoms. The van der Waals surface area contributed by atoms with Gasteiger partial charge in [0.15, 0.2) is 0 Å². The molecule has 1 N–H and O–H groups in total. The summed E-state index contributed by atoms with van der Waals surface area (Å²) in [6, 6.07) is 13.8. The second kappa shape index (κ2) is 8.37. The monoisotopic (exact) mass is 384 g/mol. The third kappa shape index (κ3) is 5.08. The number of benzene rings is 2. The molecule has 0 aliphatic heterocycles. The first-order chi connectivity index (χ1) is 13.0. The molecule has 0 bridgehead atoms. The molecule has 0 fully saturated rings. The van der Waals surface area contributed by atoms with Crippen molar-refractivity contribution in [3.63, 3.8) is 0 Å². The van der Waals surface area contributed by atoms with Crippen molar-refractivity contribution in [3.8, 4) is 11.6 Å². The number of ether oxygens (including phenoxy) is 1. The highest BCUT2D eigenvalue weighted by atomic mass is 35.5. The van der Waals surface area contributed by atoms with Crippen LogP contribution in [-0.4, -0.2) is 22.1 Å². The molecule has 0 aliphatic rings. The van der Waals surface area contributed by atoms with Gasteiger partial charge in [-0.25, -0.2) is 10.4 Å². The summed E-state index contributed by atoms with van der Waals surface area (Å²) in [7, 11) is 0. The normalized spacial score (nSPS) is 10.8. The number of aryl methyl sites for hydroxylation is 1. The van der Waals surface area contributed by atoms with Crippen molar-refractivity contribution in [1.29, 1.82) is 0 Å². The van der Waals surface area contributed by atoms with Crippen LogP contribution >= 0.6 is 11.6 Å². The number of halogens is 2. The van der Waals surface area contributed by atoms with Crippen LogP contribution in [0.15, 0.2) is 59.8 Å². The van der Waals surface area contributed by atoms with E-state index in [0.717, 1.165) is 11.8 Å². The van der Waals surface area contributed by atoms with Crippen molar-refractivity contribution >= 4 is 23.7 Å². The highest BCUT2D eigenvalue weighted by Gasteiger charge is 2.09. The van der Waals surface area contributed by atoms with Gasteiger partial charge in [-0.15, -0.1) is 0 Å². The Kier molecular flexibility index (Phi) is 5.73. The molecule has 1 aromatic heterocycles. The second-order valence-corrected chi connectivity index (χ2v) is 5.87. The largest absolute Gasteiger partial charge is 0.436 e. The Morgan fingerprint density at radius 2 is 2.07 bits per heavy atom. The maximum absolute atomic E-state index is 13.7. The number of hydrogen-bond acceptors (Lipinski definition) is 5. The number of nitrogens with zero attached hydrogens (tertiary/aromatic N) is 3. The molecule has 0 unspecified atom stereocenters. The van der Waals surface area contributed by atoms with Crippen LogP contribution in [0.1, 0.15) is 21.5 Å². The quantitative estimate of drug-likeness (QED) is 0.407. The average Bonchev–Trinajstić information content (AvgIpc) is 2.65. The van der Waals surface area contributed by atoms with Crippen molar-refractivity contribution in [1.82, 2.24) is 15.4 Å². The Morgan fingerprint density at radius 3 is 2.89 bits per heavy atom. The van der Waals surface area contributed by atoms with Crippen LogP contribution in [0.25, 0.3) is 0 Å². The number of aromatic nitrogens is 2. The summed E-state index contributed by atoms with van der Waals surface area (Å²) in [6.07, 6.45) is 2.38. The SMILES string of the molecule is Cc1cccc(C(=O)N/N=C\c2cccc(Oc3nc(Cl)ncc3F)c2)c1. The van der Waals surface area contributed by atoms with Gasteiger partial charge >= 0.3 is 0 Å². The van der Waals surface area contributed by atoms with E-state index in [-0.39, 0.29) is 17.1 Å². The van der Waals surface area contributed by atoms with E-state index in [1.807, 2.05) is 13.0 Å². The Hall–Kier alpha value is -3.32. The predicted octanol–water partition coefficient (Wildman–Crippen LogP) is 4.13. The van der Waals surface area contributed by atoms with E-state index in [2.05, 4.69) is 20.5 Å². The van der Waals surface area contributed by atoms with Gasteiger partial charge in [-0.3, -0.25) is 4.79 Å². The lowest BCUT2D eigenvalue weighted by molar-refractivity contribution is 0.0955. The van der Waals surface area contributed by atoms with Gasteiger partial charge in [-0.1, -0.05) is 29.8 Å². The molecular formula is C19H14ClFN4O2. The zero-order chi connectivity index (χ0) is 19.2. The first-order valence-corrected chi connectivity index (χ1v) is 8.25. The van der Waals surface area contributed by atoms with Crippen LogP contribution in [0.4, 0.5) is 4.39 Å². The number of hydrazone groups is 1. The number of carbonyl (C=O) groups is 1. The van der Waals surface area contributed by atoms with E-state index in [9.17, 15) is 9.18 Å². The number of nitrogens with one attached hydrogen (secondary N) is 1. The van der Waals surface area contributed by atoms with Gasteiger partial charge in [-0.2, -0.15) is 14.5 Å². The summed E-state index contributed by atoms with van der Waals surface area (Å²) in [5, 5.41) is 3.80. The topological polar surface area (TPSA) is 76.5 Å². The Bertz CT molecular complexity index is 1010. The Labute approximate surface area is 159 Å². The van der Waals surface area contributed by atoms with Crippen LogP contribution in [0.5, 0.6) is 11.6 Å². The maximum Gasteiger partial charge on any atom is 0.271 e. The molecule has 2 aromatic carbocycles. The third-order valence-corrected chi connectivity index (χ3v) is 3.60. The third-order valence-electron chi connectivity index (χ3n) is 3.42. The first kappa shape index (κ1) is 18.5. The van der Waals surface area contributed by atoms with Gasteiger partial charge in [0, 0.05) is 5.56 Å². The molecule has 0 radical (unpaired) electrons. The van der Waals surface area contributed by atoms with E-state index in [1.165, 1.54) is 6.21 Å². The van der Waals surface area contributed by atoms with E-state index < -0.39 is 5.82 Å². The minimum Gasteiger partial charge on any atom is -0.436 e. The summed E-state index contributed by atoms with van der Waals surface area (Å²) in [5.41, 5.74) is 4.58. The van der Waals surface area contributed by atoms with Crippen molar-refractivity contribution in [3.05, 3.63) is 82.5 Å². The Morgan fingerprint density at radius 1 is 1.26 bits per heavy atom. The molecule has 0 spiro atoms. The van der Waals surface area contributed by atoms with Crippen molar-refractivity contribution < 1.29 is 13.9 Å². The smallest absolute Gasteiger partial charge is 0.271 e. The van der Waals surface area contributed by atoms with Crippen molar-refractivity contribution in [2.45, 2.75) is 6.92 Å². The number of hydrogen-bond donors (Lipinski definition) is 1. The second-order valence-electron chi connectivity index (χ2n) is 5.54. The summed E-state index contributed by atoms with van der Waals surface area (Å²) in [6.45, 7) is 1.90. The number of carbonyl (C=O) groups excluding carboxylic acids is 1. The molecule has 0 saturated heterocycles. The standard InChI is InChI=1S/C19H14ClFN4O2/c1-12-4-2-6-14(8-12)17(26)25-23-10-13-5-3-7-15(9-13)27-18-16(21)11-22-19(20)24-18/h2-11H,1H3,(H,25,26)/b23-10-. The molecule has 3 rings (SSSR count). The lowest BCUT2D eigenvalue weighted by Gasteiger charge is -2.06. The van der Waals surface area contributed by atoms with E-state index in [0.29, 0.717) is 16.9 Å². The van der Waals surface area contributed by atoms with Gasteiger partial charge in [0.1, 0.15) is 5.75 Å². The summed E-state index contributed by atoms with van der Waals surface area (Å²) in [5.74, 6) is -1.00. The fourth-order valence-corrected chi connectivity index (χ4v) is 2.31. The number of amides is 1. The van der Waals surface area contributed by atoms with Crippen molar-refractivity contribution in [2.75, 3.05) is 0 Å². The van der Waals surface area contributed by atoms with Gasteiger partial charge in [0.2, 0.25) is 11.1 Å². The molecular weight excluding hydrogens is 371 g/mol. The highest BCUT2D eigenvalue weighted by molar-refractivity contribution is 6.28. The van der Waals surface area contributed by atoms with E-state index in [1.54, 1.807) is 42.5 Å². The zero-order valence-electron chi connectivity index (χ0n) is 14.2. The van der Waals surface area contributed by atoms with Crippen LogP contribution in [0.3, 0.4) is 0 Å². The molecule has 1 heterocycles. The van der Waals surface area contributed by atoms with E-state index in [4.69, 9.17) is 16.3 Å². The molecule has 6 nitrogen and oxygen atoms in total. The Balaban J connectivity index is 1.67. The minimum atomic E-state index is -0.733. The molecule has 136 valence electrons. The van der Waals surface area contributed by atoms with E-state index >= 15 is 0 Å². The highest BCUT2D eigenvalue weighted by Crippen LogP contribution is 2.23. The molecule has 1 amide bonds. The van der Waals surface area contributed by atoms with Crippen LogP contribution in [0.2, 0.25) is 5.28 Å². The maximum atomic E-state index is 13.7. The lowest BCUT2D eigenvalue weighted by Crippen LogP contribution is -2.17. The van der Waals surface area contributed by atoms with Crippen molar-refractivity contribution in [2.24, 2.45) is 5.10 Å². The van der Waals surface area contributed by atoms with Gasteiger partial charge in [0.25, 0.3) is 11.8 Å². The fourth-order valence-electron chi connectivity index (χ4n) is 2.19. The minimum absolute atomic E-state index is 0.122. The fraction of sp³-hybridized carbons (Fsp3) is 0.0526. The van der Waals surface area contributed by atoms with Crippen LogP contribution in [-0.2, 0) is 0 Å². The molecule has 0 atom stereocenters. The van der Waals surface area contributed by atoms with Crippen LogP contribution < -0.4 is 10.2 Å². The lowest BCUT2D eigenvalue weighted by atomic mass is 10.1. The zero-order valence-corrected chi connectivity index (χ0v) is 14.9. The molecule has 3 aromatic rings. The van der Waals surface area contributed by atoms with Gasteiger partial charge in [0.05, 0.1) is 12.4 Å². The molecule has 0 aliphatic carbocycles. The first-order valence-electron chi connectivity index (χ1n) is 7.87. The summed E-state index contributed by atoms with van der Waals surface area (Å²) in [4.78, 5) is 19.3. The van der Waals surface area contributed by atoms with Gasteiger partial charge in [-0.05, 0) is 48.4 Å². The number of rotatable bonds is 5. The molecule has 8 heteroatoms. The van der Waals surface area contributed by atoms with Crippen LogP contribution in [0, 0.1) is 12.7 Å². The summed E-state index contributed by atoms with van der Waals surface area (Å²) < 4.78 is 19.0.